The second kappa shape index (κ2) is 9.39. The molecule has 0 amide bonds. The third-order valence-corrected chi connectivity index (χ3v) is 5.92. The normalized spacial score (nSPS) is 17.7. The molecule has 4 aromatic rings. The Balaban J connectivity index is 1.39. The van der Waals surface area contributed by atoms with Gasteiger partial charge < -0.3 is 25.3 Å². The summed E-state index contributed by atoms with van der Waals surface area (Å²) in [5.74, 6) is -1.02. The van der Waals surface area contributed by atoms with Crippen LogP contribution in [0, 0.1) is 29.9 Å². The second-order valence-electron chi connectivity index (χ2n) is 8.93. The minimum Gasteiger partial charge on any atom is -0.434 e. The maximum Gasteiger partial charge on any atom is 0.242 e. The summed E-state index contributed by atoms with van der Waals surface area (Å²) in [6.45, 7) is 7.66. The van der Waals surface area contributed by atoms with Crippen LogP contribution in [0.3, 0.4) is 0 Å². The van der Waals surface area contributed by atoms with Crippen LogP contribution in [0.25, 0.3) is 10.9 Å². The van der Waals surface area contributed by atoms with E-state index < -0.39 is 11.6 Å². The Bertz CT molecular complexity index is 1450. The highest BCUT2D eigenvalue weighted by atomic mass is 19.1. The molecule has 0 spiro atoms. The van der Waals surface area contributed by atoms with Crippen molar-refractivity contribution in [2.75, 3.05) is 23.3 Å². The summed E-state index contributed by atoms with van der Waals surface area (Å²) < 4.78 is 35.1. The molecule has 0 aliphatic carbocycles. The zero-order chi connectivity index (χ0) is 25.4. The minimum atomic E-state index is -0.760. The van der Waals surface area contributed by atoms with Crippen LogP contribution >= 0.6 is 0 Å². The molecule has 1 fully saturated rings. The predicted octanol–water partition coefficient (Wildman–Crippen LogP) is 4.53. The zero-order valence-electron chi connectivity index (χ0n) is 19.9. The molecule has 0 radical (unpaired) electrons. The lowest BCUT2D eigenvalue weighted by Crippen LogP contribution is -2.54. The summed E-state index contributed by atoms with van der Waals surface area (Å²) in [5, 5.41) is 16.3. The van der Waals surface area contributed by atoms with Crippen LogP contribution in [0.4, 0.5) is 26.1 Å². The van der Waals surface area contributed by atoms with E-state index in [9.17, 15) is 9.65 Å². The molecule has 4 heterocycles. The topological polar surface area (TPSA) is 115 Å². The third-order valence-electron chi connectivity index (χ3n) is 5.92. The minimum absolute atomic E-state index is 0.0450. The molecule has 184 valence electrons. The standard InChI is InChI=1S/C25H24F2N8O/c1-13-6-17-22(27)20(7-19(26)23(17)33-13)36-25-18(8-28)24(30-12-31-25)34-16-4-5-21(29-9-16)35-10-14(2)32-15(3)11-35/h4-7,9,12,14-15,32-33H,10-11H2,1-3H3,(H,30,31,34)/t14-,15+. The fraction of sp³-hybridized carbons (Fsp3) is 0.280. The van der Waals surface area contributed by atoms with Crippen LogP contribution in [0.2, 0.25) is 0 Å². The van der Waals surface area contributed by atoms with E-state index >= 15 is 4.39 Å². The van der Waals surface area contributed by atoms with Gasteiger partial charge in [0.2, 0.25) is 5.88 Å². The fourth-order valence-corrected chi connectivity index (χ4v) is 4.45. The number of ether oxygens (including phenoxy) is 1. The van der Waals surface area contributed by atoms with E-state index in [-0.39, 0.29) is 33.9 Å². The Morgan fingerprint density at radius 2 is 1.92 bits per heavy atom. The van der Waals surface area contributed by atoms with Crippen molar-refractivity contribution in [3.05, 3.63) is 59.7 Å². The van der Waals surface area contributed by atoms with Gasteiger partial charge in [-0.05, 0) is 39.0 Å². The summed E-state index contributed by atoms with van der Waals surface area (Å²) >= 11 is 0. The summed E-state index contributed by atoms with van der Waals surface area (Å²) in [7, 11) is 0. The quantitative estimate of drug-likeness (QED) is 0.374. The smallest absolute Gasteiger partial charge is 0.242 e. The summed E-state index contributed by atoms with van der Waals surface area (Å²) in [6, 6.07) is 8.82. The number of H-pyrrole nitrogens is 1. The molecule has 1 saturated heterocycles. The molecule has 9 nitrogen and oxygen atoms in total. The third kappa shape index (κ3) is 4.50. The van der Waals surface area contributed by atoms with Gasteiger partial charge in [0.1, 0.15) is 18.2 Å². The Labute approximate surface area is 206 Å². The van der Waals surface area contributed by atoms with Gasteiger partial charge in [-0.1, -0.05) is 0 Å². The molecular weight excluding hydrogens is 466 g/mol. The van der Waals surface area contributed by atoms with Gasteiger partial charge in [0.15, 0.2) is 28.8 Å². The number of hydrogen-bond acceptors (Lipinski definition) is 8. The van der Waals surface area contributed by atoms with Crippen LogP contribution in [-0.4, -0.2) is 45.1 Å². The number of hydrogen-bond donors (Lipinski definition) is 3. The number of pyridine rings is 1. The predicted molar refractivity (Wildman–Crippen MR) is 132 cm³/mol. The van der Waals surface area contributed by atoms with Gasteiger partial charge in [-0.2, -0.15) is 5.26 Å². The van der Waals surface area contributed by atoms with Crippen molar-refractivity contribution in [3.8, 4) is 17.7 Å². The number of aromatic nitrogens is 4. The molecule has 11 heteroatoms. The van der Waals surface area contributed by atoms with Crippen molar-refractivity contribution in [1.29, 1.82) is 5.26 Å². The molecule has 3 aromatic heterocycles. The van der Waals surface area contributed by atoms with Crippen molar-refractivity contribution in [1.82, 2.24) is 25.3 Å². The van der Waals surface area contributed by atoms with Crippen LogP contribution < -0.4 is 20.3 Å². The van der Waals surface area contributed by atoms with Crippen LogP contribution in [0.1, 0.15) is 25.1 Å². The van der Waals surface area contributed by atoms with E-state index in [1.165, 1.54) is 12.4 Å². The summed E-state index contributed by atoms with van der Waals surface area (Å²) in [6.07, 6.45) is 2.82. The van der Waals surface area contributed by atoms with Gasteiger partial charge in [-0.15, -0.1) is 0 Å². The molecular formula is C25H24F2N8O. The number of benzene rings is 1. The average molecular weight is 491 g/mol. The van der Waals surface area contributed by atoms with Crippen LogP contribution in [0.15, 0.2) is 36.8 Å². The Kier molecular flexibility index (Phi) is 6.12. The molecule has 0 unspecified atom stereocenters. The first-order valence-electron chi connectivity index (χ1n) is 11.5. The molecule has 2 atom stereocenters. The molecule has 1 aliphatic heterocycles. The first-order valence-corrected chi connectivity index (χ1v) is 11.5. The number of aryl methyl sites for hydroxylation is 1. The molecule has 1 aromatic carbocycles. The number of rotatable bonds is 5. The highest BCUT2D eigenvalue weighted by Gasteiger charge is 2.22. The number of fused-ring (bicyclic) bond motifs is 1. The number of piperazine rings is 1. The van der Waals surface area contributed by atoms with Gasteiger partial charge in [0, 0.05) is 42.3 Å². The molecule has 0 bridgehead atoms. The first-order chi connectivity index (χ1) is 17.3. The van der Waals surface area contributed by atoms with Crippen LogP contribution in [0.5, 0.6) is 11.6 Å². The molecule has 5 rings (SSSR count). The average Bonchev–Trinajstić information content (AvgIpc) is 3.25. The van der Waals surface area contributed by atoms with Crippen molar-refractivity contribution in [3.63, 3.8) is 0 Å². The van der Waals surface area contributed by atoms with E-state index in [2.05, 4.69) is 49.3 Å². The van der Waals surface area contributed by atoms with Gasteiger partial charge >= 0.3 is 0 Å². The van der Waals surface area contributed by atoms with Crippen molar-refractivity contribution in [2.45, 2.75) is 32.9 Å². The molecule has 0 saturated carbocycles. The summed E-state index contributed by atoms with van der Waals surface area (Å²) in [5.41, 5.74) is 1.18. The maximum atomic E-state index is 15.0. The van der Waals surface area contributed by atoms with Crippen molar-refractivity contribution in [2.24, 2.45) is 0 Å². The second-order valence-corrected chi connectivity index (χ2v) is 8.93. The Morgan fingerprint density at radius 1 is 1.14 bits per heavy atom. The maximum absolute atomic E-state index is 15.0. The molecule has 3 N–H and O–H groups in total. The van der Waals surface area contributed by atoms with E-state index in [1.54, 1.807) is 13.1 Å². The number of anilines is 3. The lowest BCUT2D eigenvalue weighted by molar-refractivity contribution is 0.405. The molecule has 1 aliphatic rings. The van der Waals surface area contributed by atoms with E-state index in [0.29, 0.717) is 23.5 Å². The van der Waals surface area contributed by atoms with E-state index in [4.69, 9.17) is 4.74 Å². The Hall–Kier alpha value is -4.30. The number of nitriles is 1. The lowest BCUT2D eigenvalue weighted by Gasteiger charge is -2.36. The van der Waals surface area contributed by atoms with Crippen molar-refractivity contribution >= 4 is 28.2 Å². The number of nitrogens with one attached hydrogen (secondary N) is 3. The van der Waals surface area contributed by atoms with Crippen molar-refractivity contribution < 1.29 is 13.5 Å². The highest BCUT2D eigenvalue weighted by Crippen LogP contribution is 2.34. The monoisotopic (exact) mass is 490 g/mol. The SMILES string of the molecule is Cc1cc2c(F)c(Oc3ncnc(Nc4ccc(N5C[C@@H](C)N[C@@H](C)C5)nc4)c3C#N)cc(F)c2[nH]1. The first kappa shape index (κ1) is 23.4. The van der Waals surface area contributed by atoms with E-state index in [1.807, 2.05) is 18.2 Å². The number of nitrogens with zero attached hydrogens (tertiary/aromatic N) is 5. The lowest BCUT2D eigenvalue weighted by atomic mass is 10.1. The number of aromatic amines is 1. The van der Waals surface area contributed by atoms with Gasteiger partial charge in [-0.25, -0.2) is 23.7 Å². The van der Waals surface area contributed by atoms with Crippen LogP contribution in [-0.2, 0) is 0 Å². The van der Waals surface area contributed by atoms with Gasteiger partial charge in [0.25, 0.3) is 0 Å². The largest absolute Gasteiger partial charge is 0.434 e. The van der Waals surface area contributed by atoms with E-state index in [0.717, 1.165) is 25.0 Å². The van der Waals surface area contributed by atoms with Gasteiger partial charge in [-0.3, -0.25) is 0 Å². The summed E-state index contributed by atoms with van der Waals surface area (Å²) in [4.78, 5) is 17.6. The number of halogens is 2. The zero-order valence-corrected chi connectivity index (χ0v) is 19.9. The highest BCUT2D eigenvalue weighted by molar-refractivity contribution is 5.83. The Morgan fingerprint density at radius 3 is 2.61 bits per heavy atom. The van der Waals surface area contributed by atoms with Gasteiger partial charge in [0.05, 0.1) is 17.4 Å². The molecule has 36 heavy (non-hydrogen) atoms. The fourth-order valence-electron chi connectivity index (χ4n) is 4.45.